The van der Waals surface area contributed by atoms with Crippen molar-refractivity contribution in [2.24, 2.45) is 11.8 Å². The molecule has 31 heavy (non-hydrogen) atoms. The van der Waals surface area contributed by atoms with Gasteiger partial charge in [-0.05, 0) is 61.4 Å². The fourth-order valence-corrected chi connectivity index (χ4v) is 5.41. The topological polar surface area (TPSA) is 59.8 Å². The van der Waals surface area contributed by atoms with E-state index in [2.05, 4.69) is 20.5 Å². The molecule has 4 atom stereocenters. The van der Waals surface area contributed by atoms with Crippen molar-refractivity contribution in [3.63, 3.8) is 0 Å². The van der Waals surface area contributed by atoms with Crippen molar-refractivity contribution in [3.05, 3.63) is 54.4 Å². The van der Waals surface area contributed by atoms with E-state index < -0.39 is 0 Å². The summed E-state index contributed by atoms with van der Waals surface area (Å²) in [6.07, 6.45) is 3.42. The summed E-state index contributed by atoms with van der Waals surface area (Å²) in [7, 11) is 1.68. The first kappa shape index (κ1) is 20.3. The summed E-state index contributed by atoms with van der Waals surface area (Å²) in [5, 5.41) is 10.9. The highest BCUT2D eigenvalue weighted by molar-refractivity contribution is 5.75. The number of fused-ring (bicyclic) bond motifs is 2. The number of aliphatic hydroxyl groups is 1. The van der Waals surface area contributed by atoms with Crippen molar-refractivity contribution in [3.8, 4) is 11.5 Å². The van der Waals surface area contributed by atoms with Gasteiger partial charge in [0.25, 0.3) is 0 Å². The number of para-hydroxylation sites is 2. The molecule has 0 unspecified atom stereocenters. The molecule has 0 amide bonds. The minimum absolute atomic E-state index is 0.0988. The Hall–Kier alpha value is -2.57. The van der Waals surface area contributed by atoms with Crippen molar-refractivity contribution in [1.29, 1.82) is 0 Å². The maximum absolute atomic E-state index is 10.9. The summed E-state index contributed by atoms with van der Waals surface area (Å²) < 4.78 is 13.6. The first-order valence-corrected chi connectivity index (χ1v) is 11.2. The number of benzene rings is 2. The van der Waals surface area contributed by atoms with Crippen LogP contribution in [0.5, 0.6) is 11.5 Å². The molecular formula is C25H31N3O3. The van der Waals surface area contributed by atoms with Gasteiger partial charge in [-0.3, -0.25) is 4.90 Å². The van der Waals surface area contributed by atoms with E-state index in [0.29, 0.717) is 18.4 Å². The lowest BCUT2D eigenvalue weighted by atomic mass is 9.77. The molecule has 6 nitrogen and oxygen atoms in total. The van der Waals surface area contributed by atoms with E-state index in [4.69, 9.17) is 9.47 Å². The summed E-state index contributed by atoms with van der Waals surface area (Å²) in [4.78, 5) is 7.02. The zero-order valence-corrected chi connectivity index (χ0v) is 18.3. The van der Waals surface area contributed by atoms with E-state index in [9.17, 15) is 5.11 Å². The lowest BCUT2D eigenvalue weighted by Gasteiger charge is -2.36. The van der Waals surface area contributed by atoms with Crippen molar-refractivity contribution in [2.75, 3.05) is 33.4 Å². The number of rotatable bonds is 6. The van der Waals surface area contributed by atoms with E-state index in [0.717, 1.165) is 60.6 Å². The van der Waals surface area contributed by atoms with Gasteiger partial charge in [0.15, 0.2) is 11.5 Å². The predicted molar refractivity (Wildman–Crippen MR) is 121 cm³/mol. The highest BCUT2D eigenvalue weighted by Gasteiger charge is 2.42. The largest absolute Gasteiger partial charge is 0.493 e. The molecule has 2 fully saturated rings. The zero-order chi connectivity index (χ0) is 21.4. The third-order valence-corrected chi connectivity index (χ3v) is 7.01. The van der Waals surface area contributed by atoms with Gasteiger partial charge in [0.1, 0.15) is 6.61 Å². The monoisotopic (exact) mass is 421 g/mol. The number of hydrogen-bond donors (Lipinski definition) is 1. The van der Waals surface area contributed by atoms with Crippen LogP contribution in [0, 0.1) is 18.8 Å². The quantitative estimate of drug-likeness (QED) is 0.658. The molecule has 1 saturated carbocycles. The van der Waals surface area contributed by atoms with Gasteiger partial charge < -0.3 is 19.1 Å². The lowest BCUT2D eigenvalue weighted by molar-refractivity contribution is 0.0374. The molecule has 3 aromatic rings. The molecule has 0 radical (unpaired) electrons. The van der Waals surface area contributed by atoms with Gasteiger partial charge in [0.05, 0.1) is 36.6 Å². The fraction of sp³-hybridized carbons (Fsp3) is 0.480. The lowest BCUT2D eigenvalue weighted by Crippen LogP contribution is -2.36. The van der Waals surface area contributed by atoms with Crippen LogP contribution in [0.25, 0.3) is 11.0 Å². The minimum Gasteiger partial charge on any atom is -0.493 e. The van der Waals surface area contributed by atoms with Gasteiger partial charge >= 0.3 is 0 Å². The summed E-state index contributed by atoms with van der Waals surface area (Å²) in [5.74, 6) is 2.74. The van der Waals surface area contributed by atoms with Crippen LogP contribution >= 0.6 is 0 Å². The molecule has 2 heterocycles. The summed E-state index contributed by atoms with van der Waals surface area (Å²) in [5.41, 5.74) is 3.26. The highest BCUT2D eigenvalue weighted by Crippen LogP contribution is 2.42. The van der Waals surface area contributed by atoms with E-state index in [1.54, 1.807) is 7.11 Å². The number of likely N-dealkylation sites (tertiary alicyclic amines) is 1. The normalized spacial score (nSPS) is 26.2. The number of ether oxygens (including phenoxy) is 2. The van der Waals surface area contributed by atoms with Crippen molar-refractivity contribution < 1.29 is 14.6 Å². The van der Waals surface area contributed by atoms with Crippen LogP contribution in [0.4, 0.5) is 0 Å². The molecule has 1 aliphatic heterocycles. The van der Waals surface area contributed by atoms with Crippen molar-refractivity contribution >= 4 is 11.0 Å². The Labute approximate surface area is 183 Å². The number of aliphatic hydroxyl groups excluding tert-OH is 1. The molecule has 1 N–H and O–H groups in total. The molecule has 1 aliphatic carbocycles. The van der Waals surface area contributed by atoms with Gasteiger partial charge in [0, 0.05) is 19.6 Å². The Morgan fingerprint density at radius 3 is 2.71 bits per heavy atom. The third-order valence-electron chi connectivity index (χ3n) is 7.01. The molecule has 1 aromatic heterocycles. The standard InChI is InChI=1S/C25H31N3O3/c1-17-7-8-24(25(11-17)30-2)31-10-9-27-14-18-12-22(23(29)13-19(18)15-27)28-16-26-20-5-3-4-6-21(20)28/h3-8,11,16,18-19,22-23,29H,9-10,12-15H2,1-2H3/t18-,19+,22-,23-/m1/s1. The number of aryl methyl sites for hydroxylation is 1. The van der Waals surface area contributed by atoms with Gasteiger partial charge in [-0.1, -0.05) is 18.2 Å². The SMILES string of the molecule is COc1cc(C)ccc1OCCN1C[C@H]2C[C@@H](n3cnc4ccccc43)[C@H](O)C[C@H]2C1. The third kappa shape index (κ3) is 4.02. The van der Waals surface area contributed by atoms with Crippen LogP contribution in [0.15, 0.2) is 48.8 Å². The van der Waals surface area contributed by atoms with Crippen LogP contribution in [0.3, 0.4) is 0 Å². The Bertz CT molecular complexity index is 1050. The Balaban J connectivity index is 1.20. The number of methoxy groups -OCH3 is 1. The molecular weight excluding hydrogens is 390 g/mol. The Kier molecular flexibility index (Phi) is 5.59. The Morgan fingerprint density at radius 1 is 1.06 bits per heavy atom. The molecule has 5 rings (SSSR count). The molecule has 2 aromatic carbocycles. The summed E-state index contributed by atoms with van der Waals surface area (Å²) in [6, 6.07) is 14.3. The van der Waals surface area contributed by atoms with E-state index in [1.165, 1.54) is 0 Å². The second-order valence-corrected chi connectivity index (χ2v) is 9.03. The number of imidazole rings is 1. The van der Waals surface area contributed by atoms with Crippen LogP contribution in [-0.4, -0.2) is 59.0 Å². The maximum atomic E-state index is 10.9. The van der Waals surface area contributed by atoms with Gasteiger partial charge in [-0.25, -0.2) is 4.98 Å². The zero-order valence-electron chi connectivity index (χ0n) is 18.3. The van der Waals surface area contributed by atoms with Gasteiger partial charge in [0.2, 0.25) is 0 Å². The van der Waals surface area contributed by atoms with Gasteiger partial charge in [-0.2, -0.15) is 0 Å². The molecule has 0 bridgehead atoms. The van der Waals surface area contributed by atoms with E-state index >= 15 is 0 Å². The van der Waals surface area contributed by atoms with Crippen LogP contribution in [0.1, 0.15) is 24.4 Å². The average Bonchev–Trinajstić information content (AvgIpc) is 3.37. The molecule has 1 saturated heterocycles. The predicted octanol–water partition coefficient (Wildman–Crippen LogP) is 3.68. The van der Waals surface area contributed by atoms with Crippen molar-refractivity contribution in [2.45, 2.75) is 31.9 Å². The molecule has 6 heteroatoms. The summed E-state index contributed by atoms with van der Waals surface area (Å²) in [6.45, 7) is 5.67. The van der Waals surface area contributed by atoms with Crippen LogP contribution in [0.2, 0.25) is 0 Å². The van der Waals surface area contributed by atoms with E-state index in [-0.39, 0.29) is 12.1 Å². The number of nitrogens with zero attached hydrogens (tertiary/aromatic N) is 3. The smallest absolute Gasteiger partial charge is 0.161 e. The first-order valence-electron chi connectivity index (χ1n) is 11.2. The second kappa shape index (κ2) is 8.52. The number of aromatic nitrogens is 2. The molecule has 164 valence electrons. The maximum Gasteiger partial charge on any atom is 0.161 e. The van der Waals surface area contributed by atoms with Gasteiger partial charge in [-0.15, -0.1) is 0 Å². The second-order valence-electron chi connectivity index (χ2n) is 9.03. The number of hydrogen-bond acceptors (Lipinski definition) is 5. The Morgan fingerprint density at radius 2 is 1.87 bits per heavy atom. The minimum atomic E-state index is -0.327. The van der Waals surface area contributed by atoms with E-state index in [1.807, 2.05) is 49.6 Å². The van der Waals surface area contributed by atoms with Crippen molar-refractivity contribution in [1.82, 2.24) is 14.5 Å². The highest BCUT2D eigenvalue weighted by atomic mass is 16.5. The summed E-state index contributed by atoms with van der Waals surface area (Å²) >= 11 is 0. The van der Waals surface area contributed by atoms with Crippen LogP contribution < -0.4 is 9.47 Å². The fourth-order valence-electron chi connectivity index (χ4n) is 5.41. The van der Waals surface area contributed by atoms with Crippen LogP contribution in [-0.2, 0) is 0 Å². The molecule has 0 spiro atoms. The molecule has 2 aliphatic rings. The first-order chi connectivity index (χ1) is 15.1. The average molecular weight is 422 g/mol.